The highest BCUT2D eigenvalue weighted by molar-refractivity contribution is 7.17. The van der Waals surface area contributed by atoms with Crippen LogP contribution in [-0.2, 0) is 4.79 Å². The van der Waals surface area contributed by atoms with Crippen LogP contribution in [0.5, 0.6) is 5.75 Å². The zero-order valence-corrected chi connectivity index (χ0v) is 20.9. The van der Waals surface area contributed by atoms with Gasteiger partial charge in [-0.25, -0.2) is 4.98 Å². The van der Waals surface area contributed by atoms with Gasteiger partial charge in [0.25, 0.3) is 5.91 Å². The molecule has 4 rings (SSSR count). The molecule has 2 N–H and O–H groups in total. The number of Topliss-reactive ketones (excluding diaryl/α,β-unsaturated/α-hetero) is 1. The third-order valence-electron chi connectivity index (χ3n) is 6.31. The quantitative estimate of drug-likeness (QED) is 0.420. The van der Waals surface area contributed by atoms with Crippen molar-refractivity contribution in [1.29, 1.82) is 0 Å². The minimum atomic E-state index is -0.806. The van der Waals surface area contributed by atoms with Crippen molar-refractivity contribution in [2.45, 2.75) is 26.8 Å². The molecule has 2 aromatic carbocycles. The third kappa shape index (κ3) is 4.85. The fourth-order valence-corrected chi connectivity index (χ4v) is 5.41. The smallest absolute Gasteiger partial charge is 0.290 e. The second-order valence-electron chi connectivity index (χ2n) is 8.41. The number of nitrogens with zero attached hydrogens (tertiary/aromatic N) is 3. The molecule has 0 fully saturated rings. The van der Waals surface area contributed by atoms with E-state index >= 15 is 0 Å². The van der Waals surface area contributed by atoms with Gasteiger partial charge in [0.05, 0.1) is 22.2 Å². The molecule has 1 aliphatic heterocycles. The highest BCUT2D eigenvalue weighted by Crippen LogP contribution is 2.41. The molecule has 0 aliphatic carbocycles. The van der Waals surface area contributed by atoms with Crippen molar-refractivity contribution < 1.29 is 19.8 Å². The van der Waals surface area contributed by atoms with Crippen LogP contribution in [0.15, 0.2) is 65.9 Å². The lowest BCUT2D eigenvalue weighted by Crippen LogP contribution is -2.38. The molecule has 7 nitrogen and oxygen atoms in total. The normalized spacial score (nSPS) is 15.9. The number of rotatable bonds is 9. The van der Waals surface area contributed by atoms with E-state index < -0.39 is 23.5 Å². The van der Waals surface area contributed by atoms with Gasteiger partial charge >= 0.3 is 0 Å². The second-order valence-corrected chi connectivity index (χ2v) is 9.41. The van der Waals surface area contributed by atoms with E-state index in [1.165, 1.54) is 28.4 Å². The van der Waals surface area contributed by atoms with Crippen LogP contribution >= 0.6 is 11.3 Å². The SMILES string of the molecule is CCN(CC)CCN1C(=O)C(O)=C(C(=O)c2sc(-c3ccccc3)nc2C)C1c1cccc(O)c1. The van der Waals surface area contributed by atoms with Crippen LogP contribution in [0.25, 0.3) is 10.6 Å². The molecule has 3 aromatic rings. The number of aromatic nitrogens is 1. The lowest BCUT2D eigenvalue weighted by Gasteiger charge is -2.29. The van der Waals surface area contributed by atoms with Crippen LogP contribution in [0, 0.1) is 6.92 Å². The van der Waals surface area contributed by atoms with Crippen molar-refractivity contribution >= 4 is 23.0 Å². The summed E-state index contributed by atoms with van der Waals surface area (Å²) in [7, 11) is 0. The summed E-state index contributed by atoms with van der Waals surface area (Å²) in [5, 5.41) is 21.7. The van der Waals surface area contributed by atoms with Crippen molar-refractivity contribution in [3.05, 3.63) is 82.1 Å². The molecule has 0 bridgehead atoms. The van der Waals surface area contributed by atoms with Gasteiger partial charge in [-0.15, -0.1) is 11.3 Å². The molecular formula is C27H29N3O4S. The first-order valence-electron chi connectivity index (χ1n) is 11.7. The van der Waals surface area contributed by atoms with E-state index in [0.717, 1.165) is 18.7 Å². The van der Waals surface area contributed by atoms with Crippen molar-refractivity contribution in [2.75, 3.05) is 26.2 Å². The number of carbonyl (C=O) groups excluding carboxylic acids is 2. The van der Waals surface area contributed by atoms with Crippen LogP contribution in [0.4, 0.5) is 0 Å². The number of aliphatic hydroxyl groups excluding tert-OH is 1. The van der Waals surface area contributed by atoms with Crippen LogP contribution in [-0.4, -0.2) is 62.9 Å². The predicted molar refractivity (Wildman–Crippen MR) is 137 cm³/mol. The minimum Gasteiger partial charge on any atom is -0.508 e. The fraction of sp³-hybridized carbons (Fsp3) is 0.296. The number of phenols is 1. The number of amides is 1. The lowest BCUT2D eigenvalue weighted by atomic mass is 9.95. The number of hydrogen-bond donors (Lipinski definition) is 2. The van der Waals surface area contributed by atoms with Crippen molar-refractivity contribution in [2.24, 2.45) is 0 Å². The number of aliphatic hydroxyl groups is 1. The van der Waals surface area contributed by atoms with Crippen LogP contribution < -0.4 is 0 Å². The van der Waals surface area contributed by atoms with Gasteiger partial charge in [-0.05, 0) is 37.7 Å². The lowest BCUT2D eigenvalue weighted by molar-refractivity contribution is -0.129. The average molecular weight is 492 g/mol. The molecule has 1 amide bonds. The Morgan fingerprint density at radius 3 is 2.46 bits per heavy atom. The number of ketones is 1. The first kappa shape index (κ1) is 24.6. The van der Waals surface area contributed by atoms with Gasteiger partial charge in [-0.1, -0.05) is 56.3 Å². The molecule has 1 aromatic heterocycles. The first-order chi connectivity index (χ1) is 16.8. The topological polar surface area (TPSA) is 94.0 Å². The predicted octanol–water partition coefficient (Wildman–Crippen LogP) is 4.74. The van der Waals surface area contributed by atoms with Crippen LogP contribution in [0.3, 0.4) is 0 Å². The maximum Gasteiger partial charge on any atom is 0.290 e. The van der Waals surface area contributed by atoms with E-state index in [2.05, 4.69) is 9.88 Å². The Hall–Kier alpha value is -3.49. The molecule has 2 heterocycles. The van der Waals surface area contributed by atoms with Gasteiger partial charge < -0.3 is 20.0 Å². The maximum absolute atomic E-state index is 13.8. The van der Waals surface area contributed by atoms with E-state index in [0.29, 0.717) is 34.2 Å². The first-order valence-corrected chi connectivity index (χ1v) is 12.5. The Morgan fingerprint density at radius 1 is 1.09 bits per heavy atom. The molecule has 0 saturated heterocycles. The Labute approximate surface area is 209 Å². The highest BCUT2D eigenvalue weighted by Gasteiger charge is 2.44. The Balaban J connectivity index is 1.75. The molecule has 0 saturated carbocycles. The molecule has 1 unspecified atom stereocenters. The van der Waals surface area contributed by atoms with Crippen LogP contribution in [0.2, 0.25) is 0 Å². The highest BCUT2D eigenvalue weighted by atomic mass is 32.1. The molecule has 35 heavy (non-hydrogen) atoms. The monoisotopic (exact) mass is 491 g/mol. The van der Waals surface area contributed by atoms with Crippen molar-refractivity contribution in [3.63, 3.8) is 0 Å². The number of aryl methyl sites for hydroxylation is 1. The third-order valence-corrected chi connectivity index (χ3v) is 7.51. The molecule has 0 spiro atoms. The Kier molecular flexibility index (Phi) is 7.33. The van der Waals surface area contributed by atoms with E-state index in [4.69, 9.17) is 0 Å². The van der Waals surface area contributed by atoms with Gasteiger partial charge in [0, 0.05) is 18.7 Å². The Morgan fingerprint density at radius 2 is 1.80 bits per heavy atom. The van der Waals surface area contributed by atoms with Gasteiger partial charge in [-0.2, -0.15) is 0 Å². The molecule has 0 radical (unpaired) electrons. The van der Waals surface area contributed by atoms with Gasteiger partial charge in [-0.3, -0.25) is 9.59 Å². The molecule has 1 aliphatic rings. The van der Waals surface area contributed by atoms with Crippen molar-refractivity contribution in [1.82, 2.24) is 14.8 Å². The van der Waals surface area contributed by atoms with Gasteiger partial charge in [0.15, 0.2) is 5.76 Å². The second kappa shape index (κ2) is 10.4. The van der Waals surface area contributed by atoms with Crippen molar-refractivity contribution in [3.8, 4) is 16.3 Å². The van der Waals surface area contributed by atoms with E-state index in [1.54, 1.807) is 19.1 Å². The average Bonchev–Trinajstić information content (AvgIpc) is 3.37. The standard InChI is InChI=1S/C27H29N3O4S/c1-4-29(5-2)14-15-30-22(19-12-9-13-20(31)16-19)21(24(33)27(30)34)23(32)25-17(3)28-26(35-25)18-10-7-6-8-11-18/h6-13,16,22,31,33H,4-5,14-15H2,1-3H3. The summed E-state index contributed by atoms with van der Waals surface area (Å²) in [6.07, 6.45) is 0. The van der Waals surface area contributed by atoms with Gasteiger partial charge in [0.1, 0.15) is 10.8 Å². The Bertz CT molecular complexity index is 1260. The summed E-state index contributed by atoms with van der Waals surface area (Å²) in [5.41, 5.74) is 2.02. The largest absolute Gasteiger partial charge is 0.508 e. The summed E-state index contributed by atoms with van der Waals surface area (Å²) in [6.45, 7) is 8.42. The van der Waals surface area contributed by atoms with E-state index in [-0.39, 0.29) is 11.3 Å². The summed E-state index contributed by atoms with van der Waals surface area (Å²) < 4.78 is 0. The fourth-order valence-electron chi connectivity index (χ4n) is 4.38. The zero-order valence-electron chi connectivity index (χ0n) is 20.1. The summed E-state index contributed by atoms with van der Waals surface area (Å²) in [5.74, 6) is -1.53. The number of benzene rings is 2. The number of aromatic hydroxyl groups is 1. The zero-order chi connectivity index (χ0) is 25.1. The number of thiazole rings is 1. The van der Waals surface area contributed by atoms with E-state index in [9.17, 15) is 19.8 Å². The molecule has 182 valence electrons. The summed E-state index contributed by atoms with van der Waals surface area (Å²) in [6, 6.07) is 15.2. The van der Waals surface area contributed by atoms with E-state index in [1.807, 2.05) is 44.2 Å². The minimum absolute atomic E-state index is 0.0199. The number of likely N-dealkylation sites (N-methyl/N-ethyl adjacent to an activating group) is 1. The molecule has 8 heteroatoms. The number of carbonyl (C=O) groups is 2. The van der Waals surface area contributed by atoms with Crippen LogP contribution in [0.1, 0.15) is 40.8 Å². The molecular weight excluding hydrogens is 462 g/mol. The molecule has 1 atom stereocenters. The maximum atomic E-state index is 13.8. The summed E-state index contributed by atoms with van der Waals surface area (Å²) >= 11 is 1.24. The summed E-state index contributed by atoms with van der Waals surface area (Å²) in [4.78, 5) is 35.7. The van der Waals surface area contributed by atoms with Gasteiger partial charge in [0.2, 0.25) is 5.78 Å². The number of phenolic OH excluding ortho intramolecular Hbond substituents is 1. The number of hydrogen-bond acceptors (Lipinski definition) is 7.